The molecule has 0 N–H and O–H groups in total. The second kappa shape index (κ2) is 7.64. The third kappa shape index (κ3) is 3.73. The van der Waals surface area contributed by atoms with E-state index in [0.717, 1.165) is 0 Å². The molecule has 2 heterocycles. The van der Waals surface area contributed by atoms with Crippen molar-refractivity contribution in [1.82, 2.24) is 0 Å². The average molecular weight is 457 g/mol. The minimum atomic E-state index is 0.570. The Labute approximate surface area is 136 Å². The van der Waals surface area contributed by atoms with E-state index < -0.39 is 0 Å². The van der Waals surface area contributed by atoms with E-state index in [1.807, 2.05) is 11.3 Å². The average Bonchev–Trinajstić information content (AvgIpc) is 2.86. The molecule has 0 aliphatic rings. The zero-order valence-electron chi connectivity index (χ0n) is 10.6. The first kappa shape index (κ1) is 15.3. The summed E-state index contributed by atoms with van der Waals surface area (Å²) in [5, 5.41) is 3.76. The third-order valence-electron chi connectivity index (χ3n) is 3.17. The van der Waals surface area contributed by atoms with E-state index in [1.165, 1.54) is 58.6 Å². The molecule has 0 saturated heterocycles. The molecule has 100 valence electrons. The number of fused-ring (bicyclic) bond motifs is 1. The van der Waals surface area contributed by atoms with Gasteiger partial charge < -0.3 is 0 Å². The molecule has 0 spiro atoms. The van der Waals surface area contributed by atoms with Crippen molar-refractivity contribution in [3.8, 4) is 0 Å². The molecule has 2 aromatic heterocycles. The zero-order chi connectivity index (χ0) is 13.0. The number of halogens is 2. The maximum atomic E-state index is 3.80. The van der Waals surface area contributed by atoms with Gasteiger partial charge in [0, 0.05) is 0 Å². The quantitative estimate of drug-likeness (QED) is 0.334. The number of rotatable bonds is 7. The number of unbranched alkanes of at least 4 members (excludes halogenated alkanes) is 5. The van der Waals surface area contributed by atoms with Crippen LogP contribution in [-0.2, 0) is 6.42 Å². The molecule has 18 heavy (non-hydrogen) atoms. The van der Waals surface area contributed by atoms with Gasteiger partial charge >= 0.3 is 137 Å². The Hall–Kier alpha value is 0.919. The Kier molecular flexibility index (Phi) is 6.49. The second-order valence-corrected chi connectivity index (χ2v) is 9.98. The number of hydrogen-bond acceptors (Lipinski definition) is 1. The van der Waals surface area contributed by atoms with Crippen LogP contribution in [0.15, 0.2) is 13.6 Å². The first-order chi connectivity index (χ1) is 8.74. The van der Waals surface area contributed by atoms with Gasteiger partial charge in [0.25, 0.3) is 0 Å². The van der Waals surface area contributed by atoms with Crippen molar-refractivity contribution in [1.29, 1.82) is 0 Å². The van der Waals surface area contributed by atoms with Crippen LogP contribution in [0.25, 0.3) is 9.65 Å². The van der Waals surface area contributed by atoms with Crippen LogP contribution in [0.4, 0.5) is 0 Å². The second-order valence-electron chi connectivity index (χ2n) is 4.61. The normalized spacial score (nSPS) is 11.5. The summed E-state index contributed by atoms with van der Waals surface area (Å²) in [4.78, 5) is 0. The van der Waals surface area contributed by atoms with Crippen molar-refractivity contribution in [2.24, 2.45) is 0 Å². The predicted molar refractivity (Wildman–Crippen MR) is 91.2 cm³/mol. The van der Waals surface area contributed by atoms with Crippen LogP contribution in [0.2, 0.25) is 0 Å². The number of hydrogen-bond donors (Lipinski definition) is 0. The molecular formula is C14H18Br2SSe. The van der Waals surface area contributed by atoms with E-state index in [2.05, 4.69) is 44.2 Å². The molecular weight excluding hydrogens is 439 g/mol. The Morgan fingerprint density at radius 1 is 1.11 bits per heavy atom. The molecule has 0 saturated carbocycles. The first-order valence-corrected chi connectivity index (χ1v) is 10.8. The van der Waals surface area contributed by atoms with E-state index in [4.69, 9.17) is 0 Å². The van der Waals surface area contributed by atoms with Crippen LogP contribution < -0.4 is 0 Å². The summed E-state index contributed by atoms with van der Waals surface area (Å²) in [5.41, 5.74) is 0. The van der Waals surface area contributed by atoms with Crippen molar-refractivity contribution in [2.75, 3.05) is 0 Å². The van der Waals surface area contributed by atoms with Crippen molar-refractivity contribution in [3.63, 3.8) is 0 Å². The van der Waals surface area contributed by atoms with Gasteiger partial charge in [0.05, 0.1) is 0 Å². The van der Waals surface area contributed by atoms with E-state index >= 15 is 0 Å². The van der Waals surface area contributed by atoms with E-state index in [-0.39, 0.29) is 0 Å². The van der Waals surface area contributed by atoms with Gasteiger partial charge in [-0.25, -0.2) is 0 Å². The third-order valence-corrected chi connectivity index (χ3v) is 9.20. The van der Waals surface area contributed by atoms with Gasteiger partial charge in [0.1, 0.15) is 0 Å². The predicted octanol–water partition coefficient (Wildman–Crippen LogP) is 6.39. The van der Waals surface area contributed by atoms with Crippen LogP contribution in [0.5, 0.6) is 0 Å². The Balaban J connectivity index is 1.86. The van der Waals surface area contributed by atoms with Gasteiger partial charge in [-0.3, -0.25) is 0 Å². The molecule has 2 aromatic rings. The molecule has 4 heteroatoms. The van der Waals surface area contributed by atoms with E-state index in [1.54, 1.807) is 8.70 Å². The van der Waals surface area contributed by atoms with Crippen molar-refractivity contribution in [2.45, 2.75) is 51.9 Å². The molecule has 0 nitrogen and oxygen atoms in total. The maximum absolute atomic E-state index is 3.80. The van der Waals surface area contributed by atoms with Crippen molar-refractivity contribution in [3.05, 3.63) is 18.1 Å². The van der Waals surface area contributed by atoms with Crippen LogP contribution in [0, 0.1) is 0 Å². The Morgan fingerprint density at radius 3 is 2.56 bits per heavy atom. The van der Waals surface area contributed by atoms with Crippen LogP contribution in [-0.4, -0.2) is 14.5 Å². The summed E-state index contributed by atoms with van der Waals surface area (Å²) < 4.78 is 5.91. The summed E-state index contributed by atoms with van der Waals surface area (Å²) >= 11 is 9.85. The summed E-state index contributed by atoms with van der Waals surface area (Å²) in [6.45, 7) is 2.28. The fraction of sp³-hybridized carbons (Fsp3) is 0.571. The van der Waals surface area contributed by atoms with Crippen molar-refractivity contribution < 1.29 is 0 Å². The van der Waals surface area contributed by atoms with E-state index in [0.29, 0.717) is 14.5 Å². The molecule has 0 aromatic carbocycles. The SMILES string of the molecule is CCCCCCCCc1[se]c2csc(Br)c2c1Br. The summed E-state index contributed by atoms with van der Waals surface area (Å²) in [7, 11) is 0. The molecule has 0 unspecified atom stereocenters. The topological polar surface area (TPSA) is 0 Å². The van der Waals surface area contributed by atoms with Crippen LogP contribution in [0.1, 0.15) is 49.9 Å². The fourth-order valence-electron chi connectivity index (χ4n) is 2.13. The zero-order valence-corrected chi connectivity index (χ0v) is 16.3. The van der Waals surface area contributed by atoms with Gasteiger partial charge in [-0.2, -0.15) is 0 Å². The van der Waals surface area contributed by atoms with Gasteiger partial charge in [0.2, 0.25) is 0 Å². The van der Waals surface area contributed by atoms with Gasteiger partial charge in [-0.1, -0.05) is 0 Å². The van der Waals surface area contributed by atoms with Gasteiger partial charge in [-0.05, 0) is 0 Å². The number of thiophene rings is 1. The first-order valence-electron chi connectivity index (χ1n) is 6.58. The summed E-state index contributed by atoms with van der Waals surface area (Å²) in [6, 6.07) is 0. The molecule has 0 radical (unpaired) electrons. The van der Waals surface area contributed by atoms with Gasteiger partial charge in [0.15, 0.2) is 0 Å². The number of aryl methyl sites for hydroxylation is 1. The summed E-state index contributed by atoms with van der Waals surface area (Å²) in [5.74, 6) is 0. The standard InChI is InChI=1S/C14H18Br2SSe/c1-2-3-4-5-6-7-8-10-13(15)12-11(18-10)9-17-14(12)16/h9H,2-8H2,1H3. The molecule has 0 bridgehead atoms. The Bertz CT molecular complexity index is 501. The molecule has 0 fully saturated rings. The van der Waals surface area contributed by atoms with Crippen LogP contribution in [0.3, 0.4) is 0 Å². The fourth-order valence-corrected chi connectivity index (χ4v) is 8.42. The van der Waals surface area contributed by atoms with Gasteiger partial charge in [-0.15, -0.1) is 0 Å². The monoisotopic (exact) mass is 456 g/mol. The van der Waals surface area contributed by atoms with Crippen LogP contribution >= 0.6 is 43.2 Å². The van der Waals surface area contributed by atoms with E-state index in [9.17, 15) is 0 Å². The molecule has 0 atom stereocenters. The Morgan fingerprint density at radius 2 is 1.83 bits per heavy atom. The minimum absolute atomic E-state index is 0.570. The molecule has 2 rings (SSSR count). The molecule has 0 amide bonds. The molecule has 0 aliphatic carbocycles. The summed E-state index contributed by atoms with van der Waals surface area (Å²) in [6.07, 6.45) is 9.62. The van der Waals surface area contributed by atoms with Crippen molar-refractivity contribution >= 4 is 67.3 Å². The molecule has 0 aliphatic heterocycles.